The molecule has 9 heterocycles. The summed E-state index contributed by atoms with van der Waals surface area (Å²) in [6, 6.07) is 39.3. The zero-order valence-electron chi connectivity index (χ0n) is 73.4. The average Bonchev–Trinajstić information content (AvgIpc) is 0.812. The predicted octanol–water partition coefficient (Wildman–Crippen LogP) is 16.7. The van der Waals surface area contributed by atoms with Crippen LogP contribution < -0.4 is 0 Å². The topological polar surface area (TPSA) is 345 Å². The van der Waals surface area contributed by atoms with E-state index >= 15 is 0 Å². The smallest absolute Gasteiger partial charge is 0.354 e. The Kier molecular flexibility index (Phi) is 52.8. The summed E-state index contributed by atoms with van der Waals surface area (Å²) in [5, 5.41) is 63.6. The third kappa shape index (κ3) is 41.5. The fraction of sp³-hybridized carbons (Fsp3) is 0.473. The number of benzene rings is 1. The quantitative estimate of drug-likeness (QED) is 0.0329. The van der Waals surface area contributed by atoms with E-state index < -0.39 is 43.0 Å². The fourth-order valence-corrected chi connectivity index (χ4v) is 10.0. The minimum Gasteiger partial charge on any atom is -0.477 e. The molecule has 0 spiro atoms. The summed E-state index contributed by atoms with van der Waals surface area (Å²) in [5.41, 5.74) is 18.6. The Morgan fingerprint density at radius 2 is 0.924 bits per heavy atom. The number of methoxy groups -OCH3 is 2. The molecule has 0 fully saturated rings. The molecule has 9 aromatic heterocycles. The summed E-state index contributed by atoms with van der Waals surface area (Å²) in [4.78, 5) is 65.6. The zero-order valence-corrected chi connectivity index (χ0v) is 82.9. The number of carboxylic acid groups (broad SMARTS) is 1. The number of aromatic nitrogens is 13. The van der Waals surface area contributed by atoms with Crippen LogP contribution in [-0.2, 0) is 107 Å². The van der Waals surface area contributed by atoms with Gasteiger partial charge >= 0.3 is 5.97 Å². The number of ether oxygens (including phenoxy) is 2. The summed E-state index contributed by atoms with van der Waals surface area (Å²) < 4.78 is 8.88. The van der Waals surface area contributed by atoms with Crippen molar-refractivity contribution in [1.29, 1.82) is 0 Å². The molecule has 23 nitrogen and oxygen atoms in total. The number of hydrogen-bond donors (Lipinski definition) is 7. The molecule has 0 amide bonds. The molecular weight excluding hydrogens is 2200 g/mol. The number of aryl methyl sites for hydroxylation is 6. The molecule has 0 saturated heterocycles. The summed E-state index contributed by atoms with van der Waals surface area (Å²) in [7, 11) is 2.71. The molecule has 6 unspecified atom stereocenters. The van der Waals surface area contributed by atoms with Crippen molar-refractivity contribution in [1.82, 2.24) is 64.8 Å². The number of nitrogens with zero attached hydrogens (tertiary/aromatic N) is 13. The zero-order chi connectivity index (χ0) is 85.9. The van der Waals surface area contributed by atoms with E-state index in [0.717, 1.165) is 103 Å². The molecule has 1 aromatic carbocycles. The van der Waals surface area contributed by atoms with Gasteiger partial charge in [0, 0.05) is 147 Å². The van der Waals surface area contributed by atoms with Crippen LogP contribution in [0.25, 0.3) is 56.3 Å². The minimum absolute atomic E-state index is 0. The fourth-order valence-electron chi connectivity index (χ4n) is 10.0. The van der Waals surface area contributed by atoms with Crippen LogP contribution in [0.5, 0.6) is 0 Å². The second kappa shape index (κ2) is 55.1. The van der Waals surface area contributed by atoms with Crippen LogP contribution in [0.15, 0.2) is 141 Å². The largest absolute Gasteiger partial charge is 0.477 e. The van der Waals surface area contributed by atoms with Crippen LogP contribution in [0.3, 0.4) is 0 Å². The van der Waals surface area contributed by atoms with Gasteiger partial charge in [0.1, 0.15) is 31.0 Å². The van der Waals surface area contributed by atoms with E-state index in [4.69, 9.17) is 20.4 Å². The Balaban J connectivity index is 0. The number of rotatable bonds is 17. The molecule has 0 saturated carbocycles. The van der Waals surface area contributed by atoms with Crippen LogP contribution in [0.4, 0.5) is 0 Å². The van der Waals surface area contributed by atoms with Crippen molar-refractivity contribution in [2.24, 2.45) is 16.2 Å². The Hall–Kier alpha value is -6.96. The minimum atomic E-state index is -0.990. The Morgan fingerprint density at radius 3 is 1.36 bits per heavy atom. The SMILES string of the molecule is CC(C)(C)C(O)CC(O)C(C)(C)C.CC(C)(C)c1cc(-c2[c-]ccnc2)ncn1.CC(O)CC(O)C(C)(C)C.CCCc1ncc[c-]c1-c1cc(-c2c(C)cccc2C)ncn1.COC(O)CC(O)OC.Cc1c[c-]c(-c2cc(C(C)C)ncn2)c(C)n1.Cc1ncc[c-]c1-c1cc(C(C)(C)C)ncn1.O=C(O)c1ccccn1.[Ir].[Ir].[Ir].[Ir]. The summed E-state index contributed by atoms with van der Waals surface area (Å²) in [6.07, 6.45) is 14.3. The second-order valence-electron chi connectivity index (χ2n) is 33.1. The summed E-state index contributed by atoms with van der Waals surface area (Å²) in [6.45, 7) is 48.8. The maximum atomic E-state index is 10.1. The first-order valence-corrected chi connectivity index (χ1v) is 38.2. The molecule has 10 rings (SSSR count). The molecule has 0 aliphatic rings. The number of hydrogen-bond acceptors (Lipinski definition) is 22. The Morgan fingerprint density at radius 1 is 0.466 bits per heavy atom. The number of pyridine rings is 5. The van der Waals surface area contributed by atoms with Crippen molar-refractivity contribution < 1.29 is 130 Å². The van der Waals surface area contributed by atoms with Crippen molar-refractivity contribution in [3.63, 3.8) is 0 Å². The molecule has 7 N–H and O–H groups in total. The van der Waals surface area contributed by atoms with Gasteiger partial charge in [0.15, 0.2) is 12.6 Å². The number of aromatic carboxylic acids is 1. The van der Waals surface area contributed by atoms with Gasteiger partial charge in [0.05, 0.1) is 30.1 Å². The van der Waals surface area contributed by atoms with Gasteiger partial charge in [-0.25, -0.2) is 29.7 Å². The molecule has 0 aliphatic heterocycles. The molecule has 654 valence electrons. The average molecular weight is 2330 g/mol. The van der Waals surface area contributed by atoms with Crippen LogP contribution in [0.2, 0.25) is 0 Å². The maximum absolute atomic E-state index is 10.1. The van der Waals surface area contributed by atoms with E-state index in [1.165, 1.54) is 43.2 Å². The number of carbonyl (C=O) groups is 1. The number of carboxylic acids is 1. The van der Waals surface area contributed by atoms with Gasteiger partial charge < -0.3 is 65.2 Å². The van der Waals surface area contributed by atoms with Crippen molar-refractivity contribution >= 4 is 5.97 Å². The first-order chi connectivity index (χ1) is 53.2. The first kappa shape index (κ1) is 113. The van der Waals surface area contributed by atoms with Crippen LogP contribution in [-0.4, -0.2) is 158 Å². The van der Waals surface area contributed by atoms with Crippen molar-refractivity contribution in [3.05, 3.63) is 222 Å². The predicted molar refractivity (Wildman–Crippen MR) is 450 cm³/mol. The van der Waals surface area contributed by atoms with E-state index in [1.54, 1.807) is 81.3 Å². The Labute approximate surface area is 756 Å². The summed E-state index contributed by atoms with van der Waals surface area (Å²) >= 11 is 0. The van der Waals surface area contributed by atoms with E-state index in [1.807, 2.05) is 119 Å². The molecule has 4 radical (unpaired) electrons. The molecule has 118 heavy (non-hydrogen) atoms. The maximum Gasteiger partial charge on any atom is 0.354 e. The summed E-state index contributed by atoms with van der Waals surface area (Å²) in [5.74, 6) is -0.592. The van der Waals surface area contributed by atoms with Gasteiger partial charge in [-0.15, -0.1) is 70.8 Å². The number of aliphatic hydroxyl groups excluding tert-OH is 6. The van der Waals surface area contributed by atoms with E-state index in [2.05, 4.69) is 193 Å². The van der Waals surface area contributed by atoms with Gasteiger partial charge in [0.25, 0.3) is 0 Å². The van der Waals surface area contributed by atoms with Crippen LogP contribution >= 0.6 is 0 Å². The van der Waals surface area contributed by atoms with Gasteiger partial charge in [-0.2, -0.15) is 0 Å². The Bertz CT molecular complexity index is 4420. The van der Waals surface area contributed by atoms with Crippen LogP contribution in [0.1, 0.15) is 225 Å². The van der Waals surface area contributed by atoms with Gasteiger partial charge in [-0.3, -0.25) is 19.9 Å². The normalized spacial score (nSPS) is 12.5. The van der Waals surface area contributed by atoms with Crippen molar-refractivity contribution in [2.45, 2.75) is 252 Å². The standard InChI is InChI=1S/C20H20N3.2C14H16N3.C13H14N3.C11H24O2.C8H18O2.C6H5NO2.C5H12O4.4Ir/c1-4-7-17-16(10-6-11-21-17)18-12-19(23-13-22-18)20-14(2)8-5-9-15(20)3;1-9(2)13-7-14(16-8-15-13)12-6-5-10(3)17-11(12)4;1-10-11(6-5-7-15-10)12-8-13(14(2,3)4)17-9-16-12;1-13(2,3)12-7-11(15-9-16-12)10-5-4-6-14-8-10;1-10(2,3)8(12)7-9(13)11(4,5)6;1-6(9)5-7(10)8(2,3)4;8-6(9)5-3-1-2-4-7-5;1-8-4(6)3-5(7)9-2;;;;/h5-6,8-9,11-13H,4,7H2,1-3H3;2*5,7-9H,1-4H3;4,6-9H,1-3H3;8-9,12-13H,7H2,1-6H3;6-7,9-10H,5H2,1-4H3;1-4H,(H,8,9);4-7H,3H2,1-2H3;;;;/q4*-1;;;;;;;;. The monoisotopic (exact) mass is 2330 g/mol. The van der Waals surface area contributed by atoms with E-state index in [0.29, 0.717) is 18.8 Å². The van der Waals surface area contributed by atoms with Gasteiger partial charge in [-0.05, 0) is 125 Å². The molecule has 0 aliphatic carbocycles. The first-order valence-electron chi connectivity index (χ1n) is 38.2. The van der Waals surface area contributed by atoms with Crippen LogP contribution in [0, 0.1) is 75.1 Å². The van der Waals surface area contributed by atoms with E-state index in [-0.39, 0.29) is 120 Å². The van der Waals surface area contributed by atoms with E-state index in [9.17, 15) is 20.1 Å². The number of aliphatic hydroxyl groups is 6. The second-order valence-corrected chi connectivity index (χ2v) is 33.1. The van der Waals surface area contributed by atoms with Crippen molar-refractivity contribution in [3.8, 4) is 56.3 Å². The molecular formula is C91H125Ir4N13O10-4. The van der Waals surface area contributed by atoms with Gasteiger partial charge in [-0.1, -0.05) is 225 Å². The van der Waals surface area contributed by atoms with Gasteiger partial charge in [0.2, 0.25) is 0 Å². The third-order valence-electron chi connectivity index (χ3n) is 17.4. The molecule has 0 bridgehead atoms. The third-order valence-corrected chi connectivity index (χ3v) is 17.4. The molecule has 10 aromatic rings. The van der Waals surface area contributed by atoms with Crippen molar-refractivity contribution in [2.75, 3.05) is 14.2 Å². The molecule has 6 atom stereocenters. The molecule has 27 heteroatoms.